The maximum absolute atomic E-state index is 12.5. The Labute approximate surface area is 158 Å². The van der Waals surface area contributed by atoms with E-state index in [0.29, 0.717) is 23.1 Å². The largest absolute Gasteiger partial charge is 0.403 e. The van der Waals surface area contributed by atoms with Gasteiger partial charge in [-0.1, -0.05) is 24.4 Å². The number of nitrogens with zero attached hydrogens (tertiary/aromatic N) is 2. The lowest BCUT2D eigenvalue weighted by molar-refractivity contribution is 0.311. The third kappa shape index (κ3) is 4.16. The molecule has 140 valence electrons. The summed E-state index contributed by atoms with van der Waals surface area (Å²) >= 11 is 1.55. The topological polar surface area (TPSA) is 97.5 Å². The number of hydrogen-bond acceptors (Lipinski definition) is 7. The summed E-state index contributed by atoms with van der Waals surface area (Å²) in [6.07, 6.45) is 5.27. The van der Waals surface area contributed by atoms with E-state index in [1.165, 1.54) is 18.9 Å². The number of fused-ring (bicyclic) bond motifs is 1. The highest BCUT2D eigenvalue weighted by Crippen LogP contribution is 2.34. The molecule has 0 aliphatic heterocycles. The first-order valence-corrected chi connectivity index (χ1v) is 9.85. The van der Waals surface area contributed by atoms with Crippen molar-refractivity contribution in [3.05, 3.63) is 54.8 Å². The Kier molecular flexibility index (Phi) is 4.89. The summed E-state index contributed by atoms with van der Waals surface area (Å²) in [7, 11) is 0. The molecule has 8 heteroatoms. The molecule has 4 rings (SSSR count). The van der Waals surface area contributed by atoms with E-state index >= 15 is 0 Å². The molecule has 1 aliphatic rings. The Bertz CT molecular complexity index is 1090. The van der Waals surface area contributed by atoms with Crippen molar-refractivity contribution in [1.82, 2.24) is 9.97 Å². The zero-order valence-corrected chi connectivity index (χ0v) is 15.7. The normalized spacial score (nSPS) is 14.6. The Morgan fingerprint density at radius 2 is 2.30 bits per heavy atom. The fraction of sp³-hybridized carbons (Fsp3) is 0.368. The second-order valence-electron chi connectivity index (χ2n) is 6.76. The predicted molar refractivity (Wildman–Crippen MR) is 104 cm³/mol. The van der Waals surface area contributed by atoms with Crippen molar-refractivity contribution in [2.24, 2.45) is 11.1 Å². The van der Waals surface area contributed by atoms with Gasteiger partial charge in [-0.3, -0.25) is 9.78 Å². The molecule has 0 bridgehead atoms. The van der Waals surface area contributed by atoms with Gasteiger partial charge in [-0.25, -0.2) is 4.79 Å². The molecule has 1 fully saturated rings. The molecule has 0 radical (unpaired) electrons. The molecule has 0 aromatic carbocycles. The number of aromatic nitrogens is 2. The molecular formula is C19H19N3O4S. The Morgan fingerprint density at radius 1 is 1.44 bits per heavy atom. The van der Waals surface area contributed by atoms with E-state index in [9.17, 15) is 9.59 Å². The molecule has 7 nitrogen and oxygen atoms in total. The summed E-state index contributed by atoms with van der Waals surface area (Å²) < 4.78 is 5.13. The van der Waals surface area contributed by atoms with Crippen LogP contribution in [0.2, 0.25) is 0 Å². The summed E-state index contributed by atoms with van der Waals surface area (Å²) in [5.41, 5.74) is 1.29. The maximum atomic E-state index is 12.5. The van der Waals surface area contributed by atoms with Gasteiger partial charge < -0.3 is 9.25 Å². The van der Waals surface area contributed by atoms with E-state index in [1.54, 1.807) is 18.3 Å². The highest BCUT2D eigenvalue weighted by molar-refractivity contribution is 7.08. The number of nitrogens with one attached hydrogen (secondary N) is 1. The van der Waals surface area contributed by atoms with Crippen molar-refractivity contribution >= 4 is 28.1 Å². The number of rotatable bonds is 7. The second-order valence-corrected chi connectivity index (χ2v) is 7.54. The van der Waals surface area contributed by atoms with E-state index < -0.39 is 11.2 Å². The van der Waals surface area contributed by atoms with Crippen molar-refractivity contribution in [2.45, 2.75) is 39.0 Å². The van der Waals surface area contributed by atoms with Crippen LogP contribution in [0.1, 0.15) is 43.7 Å². The van der Waals surface area contributed by atoms with Crippen LogP contribution in [0.4, 0.5) is 0 Å². The second kappa shape index (κ2) is 7.48. The SMILES string of the molecule is C/C(=N\Oc1nc2oc(=O)cc(CCCC3CC3)c2c(=O)[nH]1)c1ccsc1. The first-order valence-electron chi connectivity index (χ1n) is 8.91. The van der Waals surface area contributed by atoms with Crippen LogP contribution in [0.25, 0.3) is 11.1 Å². The van der Waals surface area contributed by atoms with Crippen LogP contribution in [-0.2, 0) is 6.42 Å². The number of hydrogen-bond donors (Lipinski definition) is 1. The van der Waals surface area contributed by atoms with E-state index in [-0.39, 0.29) is 11.7 Å². The Balaban J connectivity index is 1.61. The predicted octanol–water partition coefficient (Wildman–Crippen LogP) is 3.47. The Hall–Kier alpha value is -2.74. The van der Waals surface area contributed by atoms with Crippen LogP contribution in [0, 0.1) is 5.92 Å². The molecule has 0 spiro atoms. The number of H-pyrrole nitrogens is 1. The van der Waals surface area contributed by atoms with Crippen molar-refractivity contribution in [2.75, 3.05) is 0 Å². The molecule has 0 amide bonds. The van der Waals surface area contributed by atoms with Gasteiger partial charge in [0.25, 0.3) is 5.56 Å². The standard InChI is InChI=1S/C19H19N3O4S/c1-11(14-7-8-27-10-14)22-26-19-20-17(24)16-13(4-2-3-12-5-6-12)9-15(23)25-18(16)21-19/h7-10,12H,2-6H2,1H3,(H,20,21,24)/b22-11+. The van der Waals surface area contributed by atoms with Gasteiger partial charge in [0.1, 0.15) is 5.39 Å². The van der Waals surface area contributed by atoms with Gasteiger partial charge in [0.2, 0.25) is 5.71 Å². The van der Waals surface area contributed by atoms with E-state index in [1.807, 2.05) is 16.8 Å². The fourth-order valence-corrected chi connectivity index (χ4v) is 3.69. The third-order valence-electron chi connectivity index (χ3n) is 4.64. The number of thiophene rings is 1. The van der Waals surface area contributed by atoms with Crippen LogP contribution in [0.5, 0.6) is 6.01 Å². The maximum Gasteiger partial charge on any atom is 0.337 e. The van der Waals surface area contributed by atoms with Gasteiger partial charge in [0.05, 0.1) is 5.71 Å². The minimum atomic E-state index is -0.522. The monoisotopic (exact) mass is 385 g/mol. The average molecular weight is 385 g/mol. The summed E-state index contributed by atoms with van der Waals surface area (Å²) in [4.78, 5) is 36.3. The van der Waals surface area contributed by atoms with Crippen molar-refractivity contribution in [3.63, 3.8) is 0 Å². The molecule has 0 atom stereocenters. The van der Waals surface area contributed by atoms with E-state index in [2.05, 4.69) is 15.1 Å². The van der Waals surface area contributed by atoms with Crippen molar-refractivity contribution < 1.29 is 9.25 Å². The molecule has 0 saturated heterocycles. The lowest BCUT2D eigenvalue weighted by Gasteiger charge is -2.05. The smallest absolute Gasteiger partial charge is 0.337 e. The van der Waals surface area contributed by atoms with Crippen LogP contribution in [0.15, 0.2) is 42.1 Å². The molecule has 3 aromatic rings. The molecule has 3 aromatic heterocycles. The fourth-order valence-electron chi connectivity index (χ4n) is 2.99. The van der Waals surface area contributed by atoms with Gasteiger partial charge in [0.15, 0.2) is 0 Å². The number of oxime groups is 1. The molecular weight excluding hydrogens is 366 g/mol. The van der Waals surface area contributed by atoms with Crippen LogP contribution in [-0.4, -0.2) is 15.7 Å². The van der Waals surface area contributed by atoms with E-state index in [4.69, 9.17) is 9.25 Å². The summed E-state index contributed by atoms with van der Waals surface area (Å²) in [5.74, 6) is 0.803. The lowest BCUT2D eigenvalue weighted by Crippen LogP contribution is -2.15. The highest BCUT2D eigenvalue weighted by Gasteiger charge is 2.21. The zero-order valence-electron chi connectivity index (χ0n) is 14.9. The van der Waals surface area contributed by atoms with Gasteiger partial charge in [-0.05, 0) is 48.1 Å². The van der Waals surface area contributed by atoms with Gasteiger partial charge in [-0.15, -0.1) is 0 Å². The number of aromatic amines is 1. The minimum absolute atomic E-state index is 0.0222. The quantitative estimate of drug-likeness (QED) is 0.496. The minimum Gasteiger partial charge on any atom is -0.403 e. The van der Waals surface area contributed by atoms with Crippen LogP contribution >= 0.6 is 11.3 Å². The molecule has 1 aliphatic carbocycles. The van der Waals surface area contributed by atoms with Crippen LogP contribution < -0.4 is 16.0 Å². The van der Waals surface area contributed by atoms with Gasteiger partial charge in [0, 0.05) is 11.6 Å². The average Bonchev–Trinajstić information content (AvgIpc) is 3.29. The number of aryl methyl sites for hydroxylation is 1. The summed E-state index contributed by atoms with van der Waals surface area (Å²) in [5, 5.41) is 8.15. The lowest BCUT2D eigenvalue weighted by atomic mass is 10.1. The molecule has 1 saturated carbocycles. The first kappa shape index (κ1) is 17.7. The van der Waals surface area contributed by atoms with Crippen molar-refractivity contribution in [1.29, 1.82) is 0 Å². The Morgan fingerprint density at radius 3 is 3.04 bits per heavy atom. The molecule has 0 unspecified atom stereocenters. The molecule has 1 N–H and O–H groups in total. The first-order chi connectivity index (χ1) is 13.1. The van der Waals surface area contributed by atoms with Crippen LogP contribution in [0.3, 0.4) is 0 Å². The highest BCUT2D eigenvalue weighted by atomic mass is 32.1. The third-order valence-corrected chi connectivity index (χ3v) is 5.32. The molecule has 3 heterocycles. The summed E-state index contributed by atoms with van der Waals surface area (Å²) in [6, 6.07) is 3.18. The summed E-state index contributed by atoms with van der Waals surface area (Å²) in [6.45, 7) is 1.79. The molecule has 27 heavy (non-hydrogen) atoms. The van der Waals surface area contributed by atoms with Crippen molar-refractivity contribution in [3.8, 4) is 6.01 Å². The van der Waals surface area contributed by atoms with Gasteiger partial charge >= 0.3 is 11.6 Å². The zero-order chi connectivity index (χ0) is 18.8. The van der Waals surface area contributed by atoms with E-state index in [0.717, 1.165) is 24.3 Å². The van der Waals surface area contributed by atoms with Gasteiger partial charge in [-0.2, -0.15) is 16.3 Å².